The third-order valence-electron chi connectivity index (χ3n) is 5.99. The largest absolute Gasteiger partial charge is 0.434 e. The summed E-state index contributed by atoms with van der Waals surface area (Å²) in [7, 11) is 0. The first-order valence-corrected chi connectivity index (χ1v) is 10.9. The minimum Gasteiger partial charge on any atom is -0.364 e. The van der Waals surface area contributed by atoms with E-state index in [0.717, 1.165) is 38.3 Å². The second kappa shape index (κ2) is 8.45. The first-order valence-electron chi connectivity index (χ1n) is 10.9. The number of anilines is 1. The van der Waals surface area contributed by atoms with Crippen LogP contribution in [0.5, 0.6) is 0 Å². The maximum absolute atomic E-state index is 13.1. The molecule has 0 bridgehead atoms. The average Bonchev–Trinajstić information content (AvgIpc) is 3.31. The monoisotopic (exact) mass is 457 g/mol. The number of halogens is 3. The van der Waals surface area contributed by atoms with Crippen LogP contribution < -0.4 is 10.6 Å². The molecule has 1 amide bonds. The van der Waals surface area contributed by atoms with Gasteiger partial charge in [0.25, 0.3) is 5.91 Å². The van der Waals surface area contributed by atoms with Gasteiger partial charge in [-0.25, -0.2) is 9.97 Å². The predicted molar refractivity (Wildman–Crippen MR) is 113 cm³/mol. The lowest BCUT2D eigenvalue weighted by Gasteiger charge is -2.24. The fourth-order valence-electron chi connectivity index (χ4n) is 4.20. The topological polar surface area (TPSA) is 97.6 Å². The second-order valence-electron chi connectivity index (χ2n) is 8.36. The van der Waals surface area contributed by atoms with Gasteiger partial charge < -0.3 is 10.6 Å². The number of para-hydroxylation sites is 1. The van der Waals surface area contributed by atoms with E-state index in [0.29, 0.717) is 22.8 Å². The van der Waals surface area contributed by atoms with E-state index in [1.54, 1.807) is 24.3 Å². The van der Waals surface area contributed by atoms with Crippen LogP contribution in [0.2, 0.25) is 0 Å². The van der Waals surface area contributed by atoms with Crippen LogP contribution in [0.25, 0.3) is 5.69 Å². The fraction of sp³-hybridized carbons (Fsp3) is 0.409. The quantitative estimate of drug-likeness (QED) is 0.586. The molecule has 8 nitrogen and oxygen atoms in total. The van der Waals surface area contributed by atoms with Crippen LogP contribution in [0, 0.1) is 0 Å². The highest BCUT2D eigenvalue weighted by molar-refractivity contribution is 5.97. The molecule has 0 saturated heterocycles. The summed E-state index contributed by atoms with van der Waals surface area (Å²) in [6, 6.07) is 6.68. The molecule has 2 aliphatic rings. The number of nitrogens with one attached hydrogen (secondary N) is 2. The van der Waals surface area contributed by atoms with Gasteiger partial charge in [0.15, 0.2) is 5.69 Å². The van der Waals surface area contributed by atoms with Gasteiger partial charge in [-0.3, -0.25) is 4.79 Å². The SMILES string of the molecule is O=C(NC1CCC[C@@H]1Nc1ncc(C(F)(F)F)nc1C1CC1)c1ccccc1-n1nccn1. The number of nitrogens with zero attached hydrogens (tertiary/aromatic N) is 5. The second-order valence-corrected chi connectivity index (χ2v) is 8.36. The highest BCUT2D eigenvalue weighted by atomic mass is 19.4. The molecule has 172 valence electrons. The number of carbonyl (C=O) groups is 1. The van der Waals surface area contributed by atoms with Crippen molar-refractivity contribution in [1.29, 1.82) is 0 Å². The van der Waals surface area contributed by atoms with Crippen molar-refractivity contribution in [1.82, 2.24) is 30.3 Å². The van der Waals surface area contributed by atoms with Crippen LogP contribution in [0.1, 0.15) is 59.8 Å². The minimum absolute atomic E-state index is 0.00908. The van der Waals surface area contributed by atoms with Gasteiger partial charge in [-0.1, -0.05) is 12.1 Å². The Kier molecular flexibility index (Phi) is 5.47. The van der Waals surface area contributed by atoms with E-state index in [-0.39, 0.29) is 23.9 Å². The van der Waals surface area contributed by atoms with Crippen LogP contribution in [0.4, 0.5) is 19.0 Å². The molecular formula is C22H22F3N7O. The van der Waals surface area contributed by atoms with Gasteiger partial charge >= 0.3 is 6.18 Å². The Balaban J connectivity index is 1.34. The molecule has 2 fully saturated rings. The number of hydrogen-bond acceptors (Lipinski definition) is 6. The Bertz CT molecular complexity index is 1150. The summed E-state index contributed by atoms with van der Waals surface area (Å²) in [5.74, 6) is 0.102. The summed E-state index contributed by atoms with van der Waals surface area (Å²) >= 11 is 0. The lowest BCUT2D eigenvalue weighted by molar-refractivity contribution is -0.141. The van der Waals surface area contributed by atoms with Crippen LogP contribution >= 0.6 is 0 Å². The predicted octanol–water partition coefficient (Wildman–Crippen LogP) is 3.72. The molecule has 0 aliphatic heterocycles. The Hall–Kier alpha value is -3.50. The molecule has 3 aromatic rings. The third-order valence-corrected chi connectivity index (χ3v) is 5.99. The van der Waals surface area contributed by atoms with Crippen molar-refractivity contribution >= 4 is 11.7 Å². The number of alkyl halides is 3. The maximum Gasteiger partial charge on any atom is 0.434 e. The van der Waals surface area contributed by atoms with Gasteiger partial charge in [-0.15, -0.1) is 0 Å². The molecule has 5 rings (SSSR count). The van der Waals surface area contributed by atoms with E-state index in [4.69, 9.17) is 0 Å². The van der Waals surface area contributed by atoms with Crippen molar-refractivity contribution in [2.75, 3.05) is 5.32 Å². The molecule has 0 spiro atoms. The molecule has 1 unspecified atom stereocenters. The van der Waals surface area contributed by atoms with Crippen LogP contribution in [-0.4, -0.2) is 43.0 Å². The first kappa shape index (κ1) is 21.4. The summed E-state index contributed by atoms with van der Waals surface area (Å²) in [6.07, 6.45) is 3.29. The number of amides is 1. The van der Waals surface area contributed by atoms with Crippen molar-refractivity contribution in [2.45, 2.75) is 56.3 Å². The smallest absolute Gasteiger partial charge is 0.364 e. The van der Waals surface area contributed by atoms with Gasteiger partial charge in [0.1, 0.15) is 5.82 Å². The van der Waals surface area contributed by atoms with Gasteiger partial charge in [0, 0.05) is 18.0 Å². The average molecular weight is 457 g/mol. The summed E-state index contributed by atoms with van der Waals surface area (Å²) in [5, 5.41) is 14.6. The molecular weight excluding hydrogens is 435 g/mol. The zero-order valence-electron chi connectivity index (χ0n) is 17.6. The van der Waals surface area contributed by atoms with Gasteiger partial charge in [-0.05, 0) is 44.2 Å². The van der Waals surface area contributed by atoms with E-state index >= 15 is 0 Å². The standard InChI is InChI=1S/C22H22F3N7O/c23-22(24,25)18-12-26-20(19(31-18)13-8-9-13)29-15-5-3-6-16(15)30-21(33)14-4-1-2-7-17(14)32-27-10-11-28-32/h1-2,4,7,10-13,15-16H,3,5-6,8-9H2,(H,26,29)(H,30,33)/t15-,16?/m0/s1. The first-order chi connectivity index (χ1) is 15.9. The fourth-order valence-corrected chi connectivity index (χ4v) is 4.20. The van der Waals surface area contributed by atoms with Crippen molar-refractivity contribution in [3.63, 3.8) is 0 Å². The van der Waals surface area contributed by atoms with Crippen LogP contribution in [0.15, 0.2) is 42.9 Å². The number of carbonyl (C=O) groups excluding carboxylic acids is 1. The van der Waals surface area contributed by atoms with Gasteiger partial charge in [0.05, 0.1) is 35.5 Å². The molecule has 0 radical (unpaired) electrons. The molecule has 2 N–H and O–H groups in total. The van der Waals surface area contributed by atoms with E-state index in [1.165, 1.54) is 17.2 Å². The van der Waals surface area contributed by atoms with Gasteiger partial charge in [0.2, 0.25) is 0 Å². The summed E-state index contributed by atoms with van der Waals surface area (Å²) < 4.78 is 39.3. The Morgan fingerprint density at radius 1 is 1.03 bits per heavy atom. The van der Waals surface area contributed by atoms with E-state index in [9.17, 15) is 18.0 Å². The van der Waals surface area contributed by atoms with Crippen molar-refractivity contribution in [3.8, 4) is 5.69 Å². The number of rotatable bonds is 6. The molecule has 2 saturated carbocycles. The molecule has 1 aromatic carbocycles. The van der Waals surface area contributed by atoms with Crippen molar-refractivity contribution < 1.29 is 18.0 Å². The number of benzene rings is 1. The van der Waals surface area contributed by atoms with E-state index < -0.39 is 11.9 Å². The Morgan fingerprint density at radius 2 is 1.76 bits per heavy atom. The lowest BCUT2D eigenvalue weighted by atomic mass is 10.1. The van der Waals surface area contributed by atoms with Crippen LogP contribution in [-0.2, 0) is 6.18 Å². The Labute approximate surface area is 187 Å². The zero-order chi connectivity index (χ0) is 23.0. The molecule has 2 aromatic heterocycles. The zero-order valence-corrected chi connectivity index (χ0v) is 17.6. The van der Waals surface area contributed by atoms with Crippen molar-refractivity contribution in [3.05, 3.63) is 59.8 Å². The van der Waals surface area contributed by atoms with Gasteiger partial charge in [-0.2, -0.15) is 28.2 Å². The molecule has 2 aliphatic carbocycles. The van der Waals surface area contributed by atoms with Crippen molar-refractivity contribution in [2.24, 2.45) is 0 Å². The number of hydrogen-bond donors (Lipinski definition) is 2. The summed E-state index contributed by atoms with van der Waals surface area (Å²) in [5.41, 5.74) is 0.381. The molecule has 11 heteroatoms. The summed E-state index contributed by atoms with van der Waals surface area (Å²) in [6.45, 7) is 0. The van der Waals surface area contributed by atoms with E-state index in [1.807, 2.05) is 0 Å². The minimum atomic E-state index is -4.53. The summed E-state index contributed by atoms with van der Waals surface area (Å²) in [4.78, 5) is 22.4. The van der Waals surface area contributed by atoms with Crippen LogP contribution in [0.3, 0.4) is 0 Å². The highest BCUT2D eigenvalue weighted by Gasteiger charge is 2.38. The maximum atomic E-state index is 13.1. The lowest BCUT2D eigenvalue weighted by Crippen LogP contribution is -2.44. The molecule has 2 heterocycles. The molecule has 2 atom stereocenters. The normalized spacial score (nSPS) is 20.6. The third kappa shape index (κ3) is 4.53. The Morgan fingerprint density at radius 3 is 2.48 bits per heavy atom. The highest BCUT2D eigenvalue weighted by Crippen LogP contribution is 2.43. The number of aromatic nitrogens is 5. The van der Waals surface area contributed by atoms with E-state index in [2.05, 4.69) is 30.8 Å². The molecule has 33 heavy (non-hydrogen) atoms.